The normalized spacial score (nSPS) is 14.6. The predicted octanol–water partition coefficient (Wildman–Crippen LogP) is 5.23. The van der Waals surface area contributed by atoms with Crippen molar-refractivity contribution < 1.29 is 9.13 Å². The van der Waals surface area contributed by atoms with E-state index in [1.807, 2.05) is 19.1 Å². The highest BCUT2D eigenvalue weighted by molar-refractivity contribution is 6.31. The molecule has 4 rings (SSSR count). The second-order valence-electron chi connectivity index (χ2n) is 9.32. The lowest BCUT2D eigenvalue weighted by atomic mass is 10.0. The Hall–Kier alpha value is -3.43. The smallest absolute Gasteiger partial charge is 0.141 e. The molecule has 0 unspecified atom stereocenters. The molecule has 0 amide bonds. The van der Waals surface area contributed by atoms with Crippen molar-refractivity contribution in [3.8, 4) is 23.7 Å². The van der Waals surface area contributed by atoms with Gasteiger partial charge in [0.15, 0.2) is 0 Å². The van der Waals surface area contributed by atoms with Gasteiger partial charge in [-0.05, 0) is 45.0 Å². The summed E-state index contributed by atoms with van der Waals surface area (Å²) in [6, 6.07) is 10.4. The van der Waals surface area contributed by atoms with Gasteiger partial charge in [-0.15, -0.1) is 0 Å². The monoisotopic (exact) mass is 520 g/mol. The minimum Gasteiger partial charge on any atom is -0.492 e. The Kier molecular flexibility index (Phi) is 8.45. The third kappa shape index (κ3) is 6.47. The van der Waals surface area contributed by atoms with Crippen LogP contribution in [-0.2, 0) is 0 Å². The third-order valence-electron chi connectivity index (χ3n) is 6.42. The quantitative estimate of drug-likeness (QED) is 0.428. The van der Waals surface area contributed by atoms with Crippen molar-refractivity contribution in [2.24, 2.45) is 0 Å². The minimum atomic E-state index is -0.482. The van der Waals surface area contributed by atoms with E-state index in [2.05, 4.69) is 56.8 Å². The first-order valence-corrected chi connectivity index (χ1v) is 12.7. The van der Waals surface area contributed by atoms with Gasteiger partial charge in [-0.25, -0.2) is 14.4 Å². The molecular weight excluding hydrogens is 491 g/mol. The highest BCUT2D eigenvalue weighted by Crippen LogP contribution is 2.31. The fraction of sp³-hybridized carbons (Fsp3) is 0.393. The summed E-state index contributed by atoms with van der Waals surface area (Å²) in [4.78, 5) is 13.5. The molecule has 0 radical (unpaired) electrons. The molecular formula is C28H30ClFN6O. The molecule has 1 aliphatic rings. The second-order valence-corrected chi connectivity index (χ2v) is 9.73. The van der Waals surface area contributed by atoms with Crippen molar-refractivity contribution in [2.45, 2.75) is 32.7 Å². The number of nitriles is 1. The molecule has 1 aliphatic heterocycles. The molecule has 3 aromatic rings. The van der Waals surface area contributed by atoms with Gasteiger partial charge < -0.3 is 10.1 Å². The standard InChI is InChI=1S/C28H30ClFN6O/c1-4-37-26-18-25-22(27(33-19-32-25)34-21-6-7-24(30)23(29)17-21)16-20(26)8-9-28(2,3)36-14-12-35(13-15-36)11-5-10-31/h6-7,16-19H,4-5,11-15H2,1-3H3,(H,32,33,34). The van der Waals surface area contributed by atoms with Crippen LogP contribution in [0.1, 0.15) is 32.8 Å². The second kappa shape index (κ2) is 11.7. The number of piperazine rings is 1. The number of hydrogen-bond acceptors (Lipinski definition) is 7. The van der Waals surface area contributed by atoms with Gasteiger partial charge >= 0.3 is 0 Å². The number of anilines is 2. The summed E-state index contributed by atoms with van der Waals surface area (Å²) >= 11 is 5.96. The Morgan fingerprint density at radius 3 is 2.65 bits per heavy atom. The molecule has 192 valence electrons. The van der Waals surface area contributed by atoms with Crippen molar-refractivity contribution in [3.05, 3.63) is 53.1 Å². The minimum absolute atomic E-state index is 0.0293. The zero-order valence-corrected chi connectivity index (χ0v) is 22.1. The van der Waals surface area contributed by atoms with Gasteiger partial charge in [0.25, 0.3) is 0 Å². The zero-order valence-electron chi connectivity index (χ0n) is 21.3. The Balaban J connectivity index is 1.63. The molecule has 2 aromatic carbocycles. The fourth-order valence-corrected chi connectivity index (χ4v) is 4.49. The number of fused-ring (bicyclic) bond motifs is 1. The Morgan fingerprint density at radius 2 is 1.95 bits per heavy atom. The average molecular weight is 521 g/mol. The SMILES string of the molecule is CCOc1cc2ncnc(Nc3ccc(F)c(Cl)c3)c2cc1C#CC(C)(C)N1CCN(CCC#N)CC1. The van der Waals surface area contributed by atoms with E-state index >= 15 is 0 Å². The van der Waals surface area contributed by atoms with Gasteiger partial charge in [-0.2, -0.15) is 5.26 Å². The van der Waals surface area contributed by atoms with E-state index in [1.165, 1.54) is 18.5 Å². The van der Waals surface area contributed by atoms with Crippen LogP contribution in [0.2, 0.25) is 5.02 Å². The van der Waals surface area contributed by atoms with Gasteiger partial charge in [-0.3, -0.25) is 9.80 Å². The summed E-state index contributed by atoms with van der Waals surface area (Å²) in [5.41, 5.74) is 1.71. The zero-order chi connectivity index (χ0) is 26.4. The van der Waals surface area contributed by atoms with Crippen LogP contribution >= 0.6 is 11.6 Å². The fourth-order valence-electron chi connectivity index (χ4n) is 4.30. The molecule has 1 fully saturated rings. The predicted molar refractivity (Wildman–Crippen MR) is 145 cm³/mol. The number of nitrogens with one attached hydrogen (secondary N) is 1. The summed E-state index contributed by atoms with van der Waals surface area (Å²) in [6.45, 7) is 11.1. The van der Waals surface area contributed by atoms with Crippen LogP contribution in [0, 0.1) is 29.0 Å². The molecule has 0 saturated carbocycles. The van der Waals surface area contributed by atoms with E-state index in [4.69, 9.17) is 21.6 Å². The summed E-state index contributed by atoms with van der Waals surface area (Å²) in [7, 11) is 0. The molecule has 0 bridgehead atoms. The van der Waals surface area contributed by atoms with E-state index < -0.39 is 5.82 Å². The number of rotatable bonds is 7. The summed E-state index contributed by atoms with van der Waals surface area (Å²) in [5.74, 6) is 7.55. The van der Waals surface area contributed by atoms with Crippen molar-refractivity contribution >= 4 is 34.0 Å². The Bertz CT molecular complexity index is 1370. The van der Waals surface area contributed by atoms with Gasteiger partial charge in [0, 0.05) is 56.3 Å². The van der Waals surface area contributed by atoms with Crippen LogP contribution in [-0.4, -0.2) is 64.6 Å². The molecule has 1 N–H and O–H groups in total. The molecule has 0 atom stereocenters. The molecule has 1 aromatic heterocycles. The highest BCUT2D eigenvalue weighted by Gasteiger charge is 2.28. The van der Waals surface area contributed by atoms with Crippen LogP contribution in [0.4, 0.5) is 15.9 Å². The van der Waals surface area contributed by atoms with Crippen LogP contribution in [0.5, 0.6) is 5.75 Å². The Morgan fingerprint density at radius 1 is 1.16 bits per heavy atom. The summed E-state index contributed by atoms with van der Waals surface area (Å²) in [6.07, 6.45) is 2.02. The largest absolute Gasteiger partial charge is 0.492 e. The maximum Gasteiger partial charge on any atom is 0.141 e. The van der Waals surface area contributed by atoms with E-state index in [-0.39, 0.29) is 10.6 Å². The van der Waals surface area contributed by atoms with Crippen molar-refractivity contribution in [3.63, 3.8) is 0 Å². The van der Waals surface area contributed by atoms with E-state index in [0.717, 1.165) is 43.7 Å². The van der Waals surface area contributed by atoms with Gasteiger partial charge in [-0.1, -0.05) is 23.4 Å². The summed E-state index contributed by atoms with van der Waals surface area (Å²) < 4.78 is 19.5. The van der Waals surface area contributed by atoms with Crippen LogP contribution in [0.25, 0.3) is 10.9 Å². The average Bonchev–Trinajstić information content (AvgIpc) is 2.89. The van der Waals surface area contributed by atoms with Gasteiger partial charge in [0.05, 0.1) is 34.3 Å². The van der Waals surface area contributed by atoms with Gasteiger partial charge in [0.1, 0.15) is 23.7 Å². The molecule has 2 heterocycles. The topological polar surface area (TPSA) is 77.3 Å². The number of benzene rings is 2. The number of halogens is 2. The third-order valence-corrected chi connectivity index (χ3v) is 6.71. The number of ether oxygens (including phenoxy) is 1. The van der Waals surface area contributed by atoms with Crippen LogP contribution in [0.15, 0.2) is 36.7 Å². The first kappa shape index (κ1) is 26.6. The molecule has 37 heavy (non-hydrogen) atoms. The van der Waals surface area contributed by atoms with Crippen LogP contribution < -0.4 is 10.1 Å². The van der Waals surface area contributed by atoms with Gasteiger partial charge in [0.2, 0.25) is 0 Å². The number of aromatic nitrogens is 2. The van der Waals surface area contributed by atoms with E-state index in [9.17, 15) is 4.39 Å². The van der Waals surface area contributed by atoms with Crippen molar-refractivity contribution in [1.29, 1.82) is 5.26 Å². The lowest BCUT2D eigenvalue weighted by Gasteiger charge is -2.41. The summed E-state index contributed by atoms with van der Waals surface area (Å²) in [5, 5.41) is 12.9. The van der Waals surface area contributed by atoms with E-state index in [0.29, 0.717) is 35.8 Å². The van der Waals surface area contributed by atoms with Crippen LogP contribution in [0.3, 0.4) is 0 Å². The lowest BCUT2D eigenvalue weighted by Crippen LogP contribution is -2.54. The molecule has 7 nitrogen and oxygen atoms in total. The first-order chi connectivity index (χ1) is 17.8. The molecule has 9 heteroatoms. The maximum atomic E-state index is 13.6. The molecule has 0 spiro atoms. The molecule has 0 aliphatic carbocycles. The van der Waals surface area contributed by atoms with E-state index in [1.54, 1.807) is 6.07 Å². The highest BCUT2D eigenvalue weighted by atomic mass is 35.5. The number of nitrogens with zero attached hydrogens (tertiary/aromatic N) is 5. The van der Waals surface area contributed by atoms with Crippen molar-refractivity contribution in [1.82, 2.24) is 19.8 Å². The maximum absolute atomic E-state index is 13.6. The number of hydrogen-bond donors (Lipinski definition) is 1. The lowest BCUT2D eigenvalue weighted by molar-refractivity contribution is 0.0823. The van der Waals surface area contributed by atoms with Crippen molar-refractivity contribution in [2.75, 3.05) is 44.6 Å². The first-order valence-electron chi connectivity index (χ1n) is 12.3. The Labute approximate surface area is 222 Å². The molecule has 1 saturated heterocycles.